The fourth-order valence-electron chi connectivity index (χ4n) is 2.17. The summed E-state index contributed by atoms with van der Waals surface area (Å²) in [5.74, 6) is 3.41. The molecular weight excluding hydrogens is 250 g/mol. The molecule has 2 aromatic rings. The molecule has 0 unspecified atom stereocenters. The fourth-order valence-corrected chi connectivity index (χ4v) is 2.17. The second-order valence-electron chi connectivity index (χ2n) is 5.31. The molecule has 0 spiro atoms. The summed E-state index contributed by atoms with van der Waals surface area (Å²) in [5.41, 5.74) is 1.16. The lowest BCUT2D eigenvalue weighted by Gasteiger charge is -2.16. The van der Waals surface area contributed by atoms with E-state index in [2.05, 4.69) is 26.3 Å². The highest BCUT2D eigenvalue weighted by Gasteiger charge is 2.26. The lowest BCUT2D eigenvalue weighted by atomic mass is 10.2. The molecule has 0 radical (unpaired) electrons. The number of nitrogens with zero attached hydrogens (tertiary/aromatic N) is 4. The van der Waals surface area contributed by atoms with Crippen molar-refractivity contribution in [2.45, 2.75) is 25.3 Å². The average Bonchev–Trinajstić information content (AvgIpc) is 3.30. The van der Waals surface area contributed by atoms with E-state index in [1.807, 2.05) is 43.5 Å². The Morgan fingerprint density at radius 2 is 2.05 bits per heavy atom. The number of hydrogen-bond donors (Lipinski definition) is 1. The second-order valence-corrected chi connectivity index (χ2v) is 5.31. The normalized spacial score (nSPS) is 14.1. The molecule has 5 nitrogen and oxygen atoms in total. The van der Waals surface area contributed by atoms with E-state index in [1.54, 1.807) is 0 Å². The van der Waals surface area contributed by atoms with Crippen molar-refractivity contribution in [3.8, 4) is 0 Å². The summed E-state index contributed by atoms with van der Waals surface area (Å²) in [6.45, 7) is 0.711. The molecule has 0 aromatic carbocycles. The average molecular weight is 269 g/mol. The van der Waals surface area contributed by atoms with Crippen molar-refractivity contribution in [2.75, 3.05) is 24.3 Å². The van der Waals surface area contributed by atoms with Gasteiger partial charge in [-0.25, -0.2) is 15.0 Å². The highest BCUT2D eigenvalue weighted by Crippen LogP contribution is 2.38. The van der Waals surface area contributed by atoms with Gasteiger partial charge in [0.2, 0.25) is 0 Å². The molecule has 1 N–H and O–H groups in total. The number of nitrogens with one attached hydrogen (secondary N) is 1. The minimum absolute atomic E-state index is 0.576. The van der Waals surface area contributed by atoms with E-state index in [-0.39, 0.29) is 0 Å². The quantitative estimate of drug-likeness (QED) is 0.903. The van der Waals surface area contributed by atoms with Gasteiger partial charge in [0.15, 0.2) is 0 Å². The Labute approximate surface area is 119 Å². The van der Waals surface area contributed by atoms with Gasteiger partial charge in [-0.05, 0) is 25.0 Å². The maximum absolute atomic E-state index is 4.57. The second kappa shape index (κ2) is 5.45. The highest BCUT2D eigenvalue weighted by molar-refractivity contribution is 5.47. The molecule has 5 heteroatoms. The van der Waals surface area contributed by atoms with Crippen molar-refractivity contribution >= 4 is 11.6 Å². The molecule has 0 atom stereocenters. The Morgan fingerprint density at radius 1 is 1.20 bits per heavy atom. The van der Waals surface area contributed by atoms with Crippen LogP contribution in [0.5, 0.6) is 0 Å². The molecule has 1 saturated carbocycles. The first-order valence-electron chi connectivity index (χ1n) is 6.92. The molecule has 1 aliphatic rings. The number of rotatable bonds is 5. The van der Waals surface area contributed by atoms with Gasteiger partial charge in [-0.2, -0.15) is 0 Å². The predicted molar refractivity (Wildman–Crippen MR) is 79.9 cm³/mol. The van der Waals surface area contributed by atoms with Crippen LogP contribution in [0.25, 0.3) is 0 Å². The van der Waals surface area contributed by atoms with Crippen LogP contribution in [0.15, 0.2) is 30.6 Å². The number of hydrogen-bond acceptors (Lipinski definition) is 5. The number of aromatic nitrogens is 3. The highest BCUT2D eigenvalue weighted by atomic mass is 15.1. The van der Waals surface area contributed by atoms with Crippen molar-refractivity contribution in [3.63, 3.8) is 0 Å². The molecular formula is C15H19N5. The molecule has 2 aromatic heterocycles. The zero-order chi connectivity index (χ0) is 13.9. The molecule has 0 saturated heterocycles. The first kappa shape index (κ1) is 12.8. The third kappa shape index (κ3) is 2.87. The lowest BCUT2D eigenvalue weighted by molar-refractivity contribution is 0.918. The van der Waals surface area contributed by atoms with Crippen molar-refractivity contribution in [1.82, 2.24) is 15.0 Å². The third-order valence-electron chi connectivity index (χ3n) is 3.37. The van der Waals surface area contributed by atoms with Crippen molar-refractivity contribution in [2.24, 2.45) is 0 Å². The SMILES string of the molecule is CN(C)c1ncccc1CNc1ccnc(C2CC2)n1. The molecule has 1 aliphatic carbocycles. The van der Waals surface area contributed by atoms with Gasteiger partial charge in [0.05, 0.1) is 0 Å². The monoisotopic (exact) mass is 269 g/mol. The van der Waals surface area contributed by atoms with Crippen LogP contribution in [0.1, 0.15) is 30.1 Å². The van der Waals surface area contributed by atoms with Crippen LogP contribution in [0.3, 0.4) is 0 Å². The summed E-state index contributed by atoms with van der Waals surface area (Å²) in [6, 6.07) is 5.95. The Bertz CT molecular complexity index is 592. The summed E-state index contributed by atoms with van der Waals surface area (Å²) in [4.78, 5) is 15.3. The summed E-state index contributed by atoms with van der Waals surface area (Å²) in [5, 5.41) is 3.36. The number of pyridine rings is 1. The summed E-state index contributed by atoms with van der Waals surface area (Å²) in [7, 11) is 4.00. The van der Waals surface area contributed by atoms with Gasteiger partial charge in [-0.15, -0.1) is 0 Å². The van der Waals surface area contributed by atoms with Gasteiger partial charge < -0.3 is 10.2 Å². The van der Waals surface area contributed by atoms with E-state index in [4.69, 9.17) is 0 Å². The van der Waals surface area contributed by atoms with Crippen LogP contribution >= 0.6 is 0 Å². The number of anilines is 2. The summed E-state index contributed by atoms with van der Waals surface area (Å²) < 4.78 is 0. The van der Waals surface area contributed by atoms with Crippen LogP contribution in [0.4, 0.5) is 11.6 Å². The topological polar surface area (TPSA) is 53.9 Å². The van der Waals surface area contributed by atoms with Crippen LogP contribution in [-0.4, -0.2) is 29.0 Å². The Kier molecular flexibility index (Phi) is 3.50. The van der Waals surface area contributed by atoms with Crippen molar-refractivity contribution in [3.05, 3.63) is 42.0 Å². The molecule has 0 bridgehead atoms. The van der Waals surface area contributed by atoms with Gasteiger partial charge in [-0.3, -0.25) is 0 Å². The van der Waals surface area contributed by atoms with E-state index in [1.165, 1.54) is 12.8 Å². The van der Waals surface area contributed by atoms with Gasteiger partial charge in [0.25, 0.3) is 0 Å². The first-order chi connectivity index (χ1) is 9.74. The van der Waals surface area contributed by atoms with Gasteiger partial charge in [-0.1, -0.05) is 6.07 Å². The first-order valence-corrected chi connectivity index (χ1v) is 6.92. The van der Waals surface area contributed by atoms with Crippen LogP contribution in [0, 0.1) is 0 Å². The molecule has 20 heavy (non-hydrogen) atoms. The minimum atomic E-state index is 0.576. The van der Waals surface area contributed by atoms with Crippen molar-refractivity contribution in [1.29, 1.82) is 0 Å². The molecule has 1 fully saturated rings. The van der Waals surface area contributed by atoms with Crippen LogP contribution in [0.2, 0.25) is 0 Å². The summed E-state index contributed by atoms with van der Waals surface area (Å²) >= 11 is 0. The van der Waals surface area contributed by atoms with Crippen molar-refractivity contribution < 1.29 is 0 Å². The Morgan fingerprint density at radius 3 is 2.80 bits per heavy atom. The van der Waals surface area contributed by atoms with Crippen LogP contribution < -0.4 is 10.2 Å². The maximum atomic E-state index is 4.57. The molecule has 104 valence electrons. The molecule has 2 heterocycles. The maximum Gasteiger partial charge on any atom is 0.133 e. The van der Waals surface area contributed by atoms with Crippen LogP contribution in [-0.2, 0) is 6.54 Å². The molecule has 3 rings (SSSR count). The zero-order valence-electron chi connectivity index (χ0n) is 11.9. The predicted octanol–water partition coefficient (Wildman–Crippen LogP) is 2.43. The third-order valence-corrected chi connectivity index (χ3v) is 3.37. The zero-order valence-corrected chi connectivity index (χ0v) is 11.9. The van der Waals surface area contributed by atoms with E-state index in [0.717, 1.165) is 23.0 Å². The van der Waals surface area contributed by atoms with E-state index >= 15 is 0 Å². The Balaban J connectivity index is 1.71. The largest absolute Gasteiger partial charge is 0.366 e. The van der Waals surface area contributed by atoms with E-state index in [9.17, 15) is 0 Å². The lowest BCUT2D eigenvalue weighted by Crippen LogP contribution is -2.15. The van der Waals surface area contributed by atoms with E-state index < -0.39 is 0 Å². The van der Waals surface area contributed by atoms with E-state index in [0.29, 0.717) is 12.5 Å². The Hall–Kier alpha value is -2.17. The van der Waals surface area contributed by atoms with Gasteiger partial charge in [0, 0.05) is 44.5 Å². The minimum Gasteiger partial charge on any atom is -0.366 e. The van der Waals surface area contributed by atoms with Gasteiger partial charge in [0.1, 0.15) is 17.5 Å². The molecule has 0 aliphatic heterocycles. The van der Waals surface area contributed by atoms with Gasteiger partial charge >= 0.3 is 0 Å². The standard InChI is InChI=1S/C15H19N5/c1-20(2)15-12(4-3-8-17-15)10-18-13-7-9-16-14(19-13)11-5-6-11/h3-4,7-9,11H,5-6,10H2,1-2H3,(H,16,18,19). The smallest absolute Gasteiger partial charge is 0.133 e. The fraction of sp³-hybridized carbons (Fsp3) is 0.400. The summed E-state index contributed by atoms with van der Waals surface area (Å²) in [6.07, 6.45) is 6.08. The molecule has 0 amide bonds.